The van der Waals surface area contributed by atoms with E-state index in [2.05, 4.69) is 46.6 Å². The molecule has 1 aliphatic carbocycles. The van der Waals surface area contributed by atoms with Gasteiger partial charge in [-0.15, -0.1) is 0 Å². The standard InChI is InChI=1S/C34H32N4O2/c1-22-16-25(14-15-32(22)40-26-10-3-2-4-11-26)35-34-27-12-5-6-13-31(27)36-33(37-34)24-9-7-8-23(17-24)18-38-19-28-29(20-38)30(28)21-39/h2-17,28-30,39H,18-21H2,1H3,(H,35,36,37). The number of aryl methyl sites for hydroxylation is 1. The summed E-state index contributed by atoms with van der Waals surface area (Å²) in [6.45, 7) is 5.45. The summed E-state index contributed by atoms with van der Waals surface area (Å²) in [7, 11) is 0. The minimum absolute atomic E-state index is 0.333. The van der Waals surface area contributed by atoms with Gasteiger partial charge in [0.1, 0.15) is 17.3 Å². The molecule has 1 saturated carbocycles. The molecule has 2 atom stereocenters. The van der Waals surface area contributed by atoms with E-state index in [0.717, 1.165) is 64.7 Å². The number of nitrogens with zero attached hydrogens (tertiary/aromatic N) is 3. The number of hydrogen-bond donors (Lipinski definition) is 2. The second kappa shape index (κ2) is 10.4. The zero-order valence-corrected chi connectivity index (χ0v) is 22.5. The Morgan fingerprint density at radius 2 is 1.68 bits per heavy atom. The van der Waals surface area contributed by atoms with E-state index in [1.165, 1.54) is 5.56 Å². The van der Waals surface area contributed by atoms with Crippen LogP contribution in [-0.2, 0) is 6.54 Å². The summed E-state index contributed by atoms with van der Waals surface area (Å²) in [5.41, 5.74) is 5.14. The lowest BCUT2D eigenvalue weighted by molar-refractivity contribution is 0.217. The number of piperidine rings is 1. The molecule has 0 amide bonds. The van der Waals surface area contributed by atoms with Crippen molar-refractivity contribution < 1.29 is 9.84 Å². The van der Waals surface area contributed by atoms with Crippen LogP contribution in [0, 0.1) is 24.7 Å². The first-order chi connectivity index (χ1) is 19.6. The van der Waals surface area contributed by atoms with E-state index in [1.54, 1.807) is 0 Å². The molecule has 0 radical (unpaired) electrons. The lowest BCUT2D eigenvalue weighted by atomic mass is 10.1. The van der Waals surface area contributed by atoms with Crippen molar-refractivity contribution in [3.8, 4) is 22.9 Å². The van der Waals surface area contributed by atoms with Crippen LogP contribution in [0.25, 0.3) is 22.3 Å². The SMILES string of the molecule is Cc1cc(Nc2nc(-c3cccc(CN4CC5C(CO)C5C4)c3)nc3ccccc23)ccc1Oc1ccccc1. The molecule has 2 fully saturated rings. The maximum atomic E-state index is 9.48. The van der Waals surface area contributed by atoms with Crippen LogP contribution in [-0.4, -0.2) is 39.7 Å². The molecule has 1 aromatic heterocycles. The molecule has 2 aliphatic rings. The number of likely N-dealkylation sites (tertiary alicyclic amines) is 1. The molecule has 0 spiro atoms. The molecular formula is C34H32N4O2. The summed E-state index contributed by atoms with van der Waals surface area (Å²) in [5.74, 6) is 4.99. The third kappa shape index (κ3) is 4.92. The van der Waals surface area contributed by atoms with Crippen molar-refractivity contribution >= 4 is 22.4 Å². The Labute approximate surface area is 234 Å². The first-order valence-electron chi connectivity index (χ1n) is 13.9. The van der Waals surface area contributed by atoms with Crippen LogP contribution in [0.2, 0.25) is 0 Å². The molecule has 40 heavy (non-hydrogen) atoms. The summed E-state index contributed by atoms with van der Waals surface area (Å²) in [4.78, 5) is 12.4. The van der Waals surface area contributed by atoms with E-state index in [1.807, 2.05) is 67.6 Å². The number of anilines is 2. The van der Waals surface area contributed by atoms with Gasteiger partial charge in [0.05, 0.1) is 5.52 Å². The summed E-state index contributed by atoms with van der Waals surface area (Å²) in [6.07, 6.45) is 0. The number of rotatable bonds is 8. The number of aromatic nitrogens is 2. The minimum Gasteiger partial charge on any atom is -0.457 e. The molecular weight excluding hydrogens is 496 g/mol. The molecule has 4 aromatic carbocycles. The third-order valence-corrected chi connectivity index (χ3v) is 8.26. The molecule has 2 N–H and O–H groups in total. The molecule has 1 saturated heterocycles. The van der Waals surface area contributed by atoms with Crippen molar-refractivity contribution in [2.75, 3.05) is 25.0 Å². The molecule has 7 rings (SSSR count). The predicted octanol–water partition coefficient (Wildman–Crippen LogP) is 6.81. The van der Waals surface area contributed by atoms with Gasteiger partial charge in [-0.25, -0.2) is 9.97 Å². The first-order valence-corrected chi connectivity index (χ1v) is 13.9. The number of ether oxygens (including phenoxy) is 1. The molecule has 6 heteroatoms. The van der Waals surface area contributed by atoms with Crippen molar-refractivity contribution in [1.82, 2.24) is 14.9 Å². The number of hydrogen-bond acceptors (Lipinski definition) is 6. The van der Waals surface area contributed by atoms with Crippen LogP contribution in [0.4, 0.5) is 11.5 Å². The number of nitrogens with one attached hydrogen (secondary N) is 1. The summed E-state index contributed by atoms with van der Waals surface area (Å²) < 4.78 is 6.07. The van der Waals surface area contributed by atoms with Crippen molar-refractivity contribution in [3.05, 3.63) is 108 Å². The largest absolute Gasteiger partial charge is 0.457 e. The number of benzene rings is 4. The second-order valence-electron chi connectivity index (χ2n) is 11.0. The zero-order chi connectivity index (χ0) is 27.1. The van der Waals surface area contributed by atoms with E-state index in [0.29, 0.717) is 30.2 Å². The fourth-order valence-corrected chi connectivity index (χ4v) is 6.10. The van der Waals surface area contributed by atoms with Crippen LogP contribution in [0.1, 0.15) is 11.1 Å². The van der Waals surface area contributed by atoms with Gasteiger partial charge in [-0.1, -0.05) is 48.5 Å². The van der Waals surface area contributed by atoms with Crippen LogP contribution in [0.15, 0.2) is 97.1 Å². The average molecular weight is 529 g/mol. The number of aliphatic hydroxyl groups excluding tert-OH is 1. The molecule has 2 unspecified atom stereocenters. The fourth-order valence-electron chi connectivity index (χ4n) is 6.10. The highest BCUT2D eigenvalue weighted by molar-refractivity contribution is 5.92. The molecule has 200 valence electrons. The highest BCUT2D eigenvalue weighted by Crippen LogP contribution is 2.51. The van der Waals surface area contributed by atoms with Gasteiger partial charge in [-0.2, -0.15) is 0 Å². The van der Waals surface area contributed by atoms with E-state index < -0.39 is 0 Å². The van der Waals surface area contributed by atoms with Gasteiger partial charge in [0, 0.05) is 42.9 Å². The quantitative estimate of drug-likeness (QED) is 0.231. The summed E-state index contributed by atoms with van der Waals surface area (Å²) >= 11 is 0. The normalized spacial score (nSPS) is 19.9. The number of para-hydroxylation sites is 2. The van der Waals surface area contributed by atoms with Gasteiger partial charge in [0.25, 0.3) is 0 Å². The first kappa shape index (κ1) is 24.8. The monoisotopic (exact) mass is 528 g/mol. The molecule has 6 nitrogen and oxygen atoms in total. The van der Waals surface area contributed by atoms with Gasteiger partial charge in [-0.3, -0.25) is 4.90 Å². The Bertz CT molecular complexity index is 1660. The highest BCUT2D eigenvalue weighted by Gasteiger charge is 2.54. The third-order valence-electron chi connectivity index (χ3n) is 8.26. The topological polar surface area (TPSA) is 70.5 Å². The van der Waals surface area contributed by atoms with Crippen LogP contribution >= 0.6 is 0 Å². The fraction of sp³-hybridized carbons (Fsp3) is 0.235. The zero-order valence-electron chi connectivity index (χ0n) is 22.5. The van der Waals surface area contributed by atoms with Gasteiger partial charge in [-0.05, 0) is 84.3 Å². The van der Waals surface area contributed by atoms with Crippen LogP contribution in [0.3, 0.4) is 0 Å². The smallest absolute Gasteiger partial charge is 0.162 e. The van der Waals surface area contributed by atoms with Crippen molar-refractivity contribution in [2.24, 2.45) is 17.8 Å². The predicted molar refractivity (Wildman–Crippen MR) is 159 cm³/mol. The Balaban J connectivity index is 1.14. The maximum Gasteiger partial charge on any atom is 0.162 e. The van der Waals surface area contributed by atoms with Gasteiger partial charge < -0.3 is 15.2 Å². The second-order valence-corrected chi connectivity index (χ2v) is 11.0. The van der Waals surface area contributed by atoms with Gasteiger partial charge in [0.2, 0.25) is 0 Å². The van der Waals surface area contributed by atoms with Crippen LogP contribution in [0.5, 0.6) is 11.5 Å². The Morgan fingerprint density at radius 3 is 2.48 bits per heavy atom. The van der Waals surface area contributed by atoms with Crippen LogP contribution < -0.4 is 10.1 Å². The number of aliphatic hydroxyl groups is 1. The van der Waals surface area contributed by atoms with Crippen molar-refractivity contribution in [1.29, 1.82) is 0 Å². The van der Waals surface area contributed by atoms with Gasteiger partial charge >= 0.3 is 0 Å². The number of fused-ring (bicyclic) bond motifs is 2. The van der Waals surface area contributed by atoms with E-state index in [4.69, 9.17) is 14.7 Å². The summed E-state index contributed by atoms with van der Waals surface area (Å²) in [6, 6.07) is 32.6. The summed E-state index contributed by atoms with van der Waals surface area (Å²) in [5, 5.41) is 14.0. The molecule has 0 bridgehead atoms. The molecule has 5 aromatic rings. The maximum absolute atomic E-state index is 9.48. The van der Waals surface area contributed by atoms with E-state index >= 15 is 0 Å². The van der Waals surface area contributed by atoms with Crippen molar-refractivity contribution in [2.45, 2.75) is 13.5 Å². The Morgan fingerprint density at radius 1 is 0.875 bits per heavy atom. The average Bonchev–Trinajstić information content (AvgIpc) is 3.47. The minimum atomic E-state index is 0.333. The lowest BCUT2D eigenvalue weighted by Gasteiger charge is -2.19. The molecule has 1 aliphatic heterocycles. The van der Waals surface area contributed by atoms with Gasteiger partial charge in [0.15, 0.2) is 5.82 Å². The van der Waals surface area contributed by atoms with Crippen molar-refractivity contribution in [3.63, 3.8) is 0 Å². The Hall–Kier alpha value is -4.26. The van der Waals surface area contributed by atoms with E-state index in [-0.39, 0.29) is 0 Å². The Kier molecular flexibility index (Phi) is 6.42. The lowest BCUT2D eigenvalue weighted by Crippen LogP contribution is -2.24. The van der Waals surface area contributed by atoms with E-state index in [9.17, 15) is 5.11 Å². The highest BCUT2D eigenvalue weighted by atomic mass is 16.5. The molecule has 2 heterocycles.